The van der Waals surface area contributed by atoms with Gasteiger partial charge in [0, 0.05) is 49.7 Å². The molecule has 1 saturated heterocycles. The van der Waals surface area contributed by atoms with Gasteiger partial charge in [-0.05, 0) is 111 Å². The monoisotopic (exact) mass is 538 g/mol. The van der Waals surface area contributed by atoms with Gasteiger partial charge in [0.25, 0.3) is 0 Å². The van der Waals surface area contributed by atoms with Gasteiger partial charge in [0.2, 0.25) is 5.88 Å². The Kier molecular flexibility index (Phi) is 8.09. The van der Waals surface area contributed by atoms with Crippen LogP contribution in [0.5, 0.6) is 5.88 Å². The summed E-state index contributed by atoms with van der Waals surface area (Å²) in [6, 6.07) is 4.46. The van der Waals surface area contributed by atoms with Crippen molar-refractivity contribution < 1.29 is 19.4 Å². The maximum absolute atomic E-state index is 12.2. The number of nitrogens with one attached hydrogen (secondary N) is 1. The molecule has 1 aromatic rings. The number of carbonyl (C=O) groups is 1. The molecular formula is C33H50N2O4. The Balaban J connectivity index is 1.09. The Morgan fingerprint density at radius 3 is 2.90 bits per heavy atom. The Bertz CT molecular complexity index is 1010. The molecule has 0 aromatic carbocycles. The van der Waals surface area contributed by atoms with Gasteiger partial charge in [0.05, 0.1) is 18.8 Å². The number of fused-ring (bicyclic) bond motifs is 5. The van der Waals surface area contributed by atoms with E-state index in [1.165, 1.54) is 24.8 Å². The van der Waals surface area contributed by atoms with Gasteiger partial charge in [-0.25, -0.2) is 4.98 Å². The second-order valence-electron chi connectivity index (χ2n) is 13.8. The first-order chi connectivity index (χ1) is 18.9. The number of Topliss-reactive ketones (excluding diaryl/α,β-unsaturated/α-hetero) is 1. The number of ketones is 1. The third-order valence-corrected chi connectivity index (χ3v) is 12.2. The second-order valence-corrected chi connectivity index (χ2v) is 13.8. The summed E-state index contributed by atoms with van der Waals surface area (Å²) in [5.41, 5.74) is 1.50. The van der Waals surface area contributed by atoms with Gasteiger partial charge in [-0.2, -0.15) is 0 Å². The quantitative estimate of drug-likeness (QED) is 0.400. The minimum atomic E-state index is -0.226. The highest BCUT2D eigenvalue weighted by molar-refractivity contribution is 5.79. The van der Waals surface area contributed by atoms with E-state index in [9.17, 15) is 9.90 Å². The predicted octanol–water partition coefficient (Wildman–Crippen LogP) is 6.02. The average Bonchev–Trinajstić information content (AvgIpc) is 3.58. The molecule has 39 heavy (non-hydrogen) atoms. The van der Waals surface area contributed by atoms with Crippen molar-refractivity contribution in [2.75, 3.05) is 19.8 Å². The summed E-state index contributed by atoms with van der Waals surface area (Å²) in [6.45, 7) is 7.09. The van der Waals surface area contributed by atoms with Crippen LogP contribution in [0.15, 0.2) is 18.3 Å². The van der Waals surface area contributed by atoms with Gasteiger partial charge in [0.1, 0.15) is 5.78 Å². The van der Waals surface area contributed by atoms with Crippen LogP contribution in [0.1, 0.15) is 109 Å². The lowest BCUT2D eigenvalue weighted by molar-refractivity contribution is -0.145. The van der Waals surface area contributed by atoms with Crippen molar-refractivity contribution in [2.45, 2.75) is 116 Å². The van der Waals surface area contributed by atoms with Gasteiger partial charge in [-0.15, -0.1) is 0 Å². The molecule has 5 aliphatic rings. The number of carbonyl (C=O) groups excluding carboxylic acids is 1. The largest absolute Gasteiger partial charge is 0.478 e. The second kappa shape index (κ2) is 11.4. The van der Waals surface area contributed by atoms with Crippen LogP contribution in [-0.2, 0) is 9.53 Å². The molecule has 5 fully saturated rings. The van der Waals surface area contributed by atoms with E-state index >= 15 is 0 Å². The normalized spacial score (nSPS) is 40.5. The van der Waals surface area contributed by atoms with Crippen molar-refractivity contribution >= 4 is 5.78 Å². The first-order valence-corrected chi connectivity index (χ1v) is 16.1. The van der Waals surface area contributed by atoms with E-state index in [1.807, 2.05) is 6.20 Å². The topological polar surface area (TPSA) is 80.7 Å². The first-order valence-electron chi connectivity index (χ1n) is 16.1. The smallest absolute Gasteiger partial charge is 0.213 e. The Labute approximate surface area is 235 Å². The van der Waals surface area contributed by atoms with E-state index in [-0.39, 0.29) is 17.6 Å². The molecule has 2 N–H and O–H groups in total. The maximum Gasteiger partial charge on any atom is 0.213 e. The third kappa shape index (κ3) is 5.19. The molecule has 4 saturated carbocycles. The van der Waals surface area contributed by atoms with Crippen molar-refractivity contribution in [3.8, 4) is 5.88 Å². The van der Waals surface area contributed by atoms with Crippen LogP contribution in [0.25, 0.3) is 0 Å². The number of pyridine rings is 1. The summed E-state index contributed by atoms with van der Waals surface area (Å²) in [6.07, 6.45) is 15.6. The van der Waals surface area contributed by atoms with E-state index in [0.29, 0.717) is 53.5 Å². The molecule has 1 aromatic heterocycles. The Morgan fingerprint density at radius 2 is 2.08 bits per heavy atom. The Hall–Kier alpha value is -1.50. The molecular weight excluding hydrogens is 488 g/mol. The van der Waals surface area contributed by atoms with Crippen molar-refractivity contribution in [1.29, 1.82) is 0 Å². The van der Waals surface area contributed by atoms with Crippen molar-refractivity contribution in [3.05, 3.63) is 23.9 Å². The summed E-state index contributed by atoms with van der Waals surface area (Å²) in [7, 11) is 0. The van der Waals surface area contributed by atoms with Crippen LogP contribution in [0.3, 0.4) is 0 Å². The van der Waals surface area contributed by atoms with E-state index < -0.39 is 0 Å². The molecule has 0 amide bonds. The summed E-state index contributed by atoms with van der Waals surface area (Å²) >= 11 is 0. The van der Waals surface area contributed by atoms with Crippen LogP contribution in [0.4, 0.5) is 0 Å². The average molecular weight is 539 g/mol. The fourth-order valence-electron chi connectivity index (χ4n) is 9.95. The van der Waals surface area contributed by atoms with Gasteiger partial charge in [-0.1, -0.05) is 13.8 Å². The SMILES string of the molecule is CCC(NCC1CCCO1)c1ccnc(OCC[C@]23CCC4C(CCC5CC(=O)CC[C@@]54C)C2CC[C@@H]3O)c1. The Morgan fingerprint density at radius 1 is 1.18 bits per heavy atom. The molecule has 0 spiro atoms. The van der Waals surface area contributed by atoms with Crippen LogP contribution >= 0.6 is 0 Å². The first kappa shape index (κ1) is 27.7. The molecule has 1 aliphatic heterocycles. The molecule has 4 aliphatic carbocycles. The number of nitrogens with zero attached hydrogens (tertiary/aromatic N) is 1. The third-order valence-electron chi connectivity index (χ3n) is 12.2. The van der Waals surface area contributed by atoms with Gasteiger partial charge in [0.15, 0.2) is 0 Å². The van der Waals surface area contributed by atoms with Crippen LogP contribution in [0.2, 0.25) is 0 Å². The zero-order chi connectivity index (χ0) is 27.0. The van der Waals surface area contributed by atoms with Crippen molar-refractivity contribution in [2.24, 2.45) is 34.5 Å². The van der Waals surface area contributed by atoms with Crippen molar-refractivity contribution in [3.63, 3.8) is 0 Å². The number of aliphatic hydroxyl groups excluding tert-OH is 1. The number of aromatic nitrogens is 1. The summed E-state index contributed by atoms with van der Waals surface area (Å²) in [5.74, 6) is 3.73. The van der Waals surface area contributed by atoms with Gasteiger partial charge < -0.3 is 19.9 Å². The number of hydrogen-bond acceptors (Lipinski definition) is 6. The maximum atomic E-state index is 12.2. The van der Waals surface area contributed by atoms with Crippen LogP contribution in [0, 0.1) is 34.5 Å². The molecule has 6 heteroatoms. The fraction of sp³-hybridized carbons (Fsp3) is 0.818. The zero-order valence-corrected chi connectivity index (χ0v) is 24.2. The van der Waals surface area contributed by atoms with E-state index in [2.05, 4.69) is 36.3 Å². The summed E-state index contributed by atoms with van der Waals surface area (Å²) < 4.78 is 12.1. The lowest BCUT2D eigenvalue weighted by Gasteiger charge is -2.60. The number of hydrogen-bond donors (Lipinski definition) is 2. The fourth-order valence-corrected chi connectivity index (χ4v) is 9.95. The molecule has 2 heterocycles. The highest BCUT2D eigenvalue weighted by atomic mass is 16.5. The lowest BCUT2D eigenvalue weighted by atomic mass is 9.44. The molecule has 0 bridgehead atoms. The van der Waals surface area contributed by atoms with Crippen LogP contribution < -0.4 is 10.1 Å². The molecule has 6 nitrogen and oxygen atoms in total. The highest BCUT2D eigenvalue weighted by Crippen LogP contribution is 2.66. The zero-order valence-electron chi connectivity index (χ0n) is 24.2. The summed E-state index contributed by atoms with van der Waals surface area (Å²) in [4.78, 5) is 16.8. The molecule has 6 unspecified atom stereocenters. The van der Waals surface area contributed by atoms with E-state index in [0.717, 1.165) is 77.4 Å². The molecule has 6 rings (SSSR count). The van der Waals surface area contributed by atoms with Crippen LogP contribution in [-0.4, -0.2) is 47.8 Å². The number of ether oxygens (including phenoxy) is 2. The lowest BCUT2D eigenvalue weighted by Crippen LogP contribution is -2.55. The molecule has 216 valence electrons. The summed E-state index contributed by atoms with van der Waals surface area (Å²) in [5, 5.41) is 15.0. The van der Waals surface area contributed by atoms with E-state index in [1.54, 1.807) is 0 Å². The highest BCUT2D eigenvalue weighted by Gasteiger charge is 2.61. The van der Waals surface area contributed by atoms with Gasteiger partial charge >= 0.3 is 0 Å². The standard InChI is InChI=1S/C33H50N2O4/c1-3-29(35-21-25-5-4-17-38-25)22-12-16-34-31(19-22)39-18-15-33-14-11-27-26(28(33)8-9-30(33)37)7-6-23-20-24(36)10-13-32(23,27)2/h12,16,19,23,25-30,35,37H,3-11,13-15,17-18,20-21H2,1-2H3/t23?,25?,26?,27?,28?,29?,30-,32-,33+/m0/s1. The van der Waals surface area contributed by atoms with Gasteiger partial charge in [-0.3, -0.25) is 4.79 Å². The number of aliphatic hydroxyl groups is 1. The van der Waals surface area contributed by atoms with Crippen molar-refractivity contribution in [1.82, 2.24) is 10.3 Å². The van der Waals surface area contributed by atoms with E-state index in [4.69, 9.17) is 9.47 Å². The minimum Gasteiger partial charge on any atom is -0.478 e. The minimum absolute atomic E-state index is 0.0265. The number of rotatable bonds is 9. The molecule has 0 radical (unpaired) electrons. The molecule has 9 atom stereocenters. The predicted molar refractivity (Wildman–Crippen MR) is 151 cm³/mol.